The third kappa shape index (κ3) is 3.16. The van der Waals surface area contributed by atoms with Gasteiger partial charge in [0.25, 0.3) is 0 Å². The number of nitrogens with one attached hydrogen (secondary N) is 1. The van der Waals surface area contributed by atoms with Crippen LogP contribution in [0.25, 0.3) is 0 Å². The minimum Gasteiger partial charge on any atom is -0.505 e. The van der Waals surface area contributed by atoms with E-state index in [9.17, 15) is 9.50 Å². The molecule has 5 nitrogen and oxygen atoms in total. The Morgan fingerprint density at radius 1 is 1.24 bits per heavy atom. The lowest BCUT2D eigenvalue weighted by Crippen LogP contribution is -2.45. The second-order valence-electron chi connectivity index (χ2n) is 5.24. The van der Waals surface area contributed by atoms with Crippen molar-refractivity contribution in [3.8, 4) is 5.75 Å². The summed E-state index contributed by atoms with van der Waals surface area (Å²) < 4.78 is 13.3. The van der Waals surface area contributed by atoms with Gasteiger partial charge in [-0.05, 0) is 12.1 Å². The molecule has 0 atom stereocenters. The fraction of sp³-hybridized carbons (Fsp3) is 0.400. The molecule has 6 heteroatoms. The van der Waals surface area contributed by atoms with Gasteiger partial charge in [0, 0.05) is 44.8 Å². The first kappa shape index (κ1) is 13.9. The van der Waals surface area contributed by atoms with Crippen LogP contribution in [0.5, 0.6) is 5.75 Å². The van der Waals surface area contributed by atoms with Gasteiger partial charge in [0.05, 0.1) is 6.34 Å². The number of aromatic hydroxyl groups is 1. The van der Waals surface area contributed by atoms with Crippen LogP contribution in [-0.2, 0) is 6.54 Å². The Morgan fingerprint density at radius 3 is 2.76 bits per heavy atom. The van der Waals surface area contributed by atoms with Crippen molar-refractivity contribution in [3.63, 3.8) is 0 Å². The van der Waals surface area contributed by atoms with Gasteiger partial charge in [-0.2, -0.15) is 0 Å². The van der Waals surface area contributed by atoms with Gasteiger partial charge in [-0.15, -0.1) is 0 Å². The maximum atomic E-state index is 13.3. The highest BCUT2D eigenvalue weighted by Gasteiger charge is 2.20. The highest BCUT2D eigenvalue weighted by Crippen LogP contribution is 2.23. The van der Waals surface area contributed by atoms with Crippen LogP contribution >= 0.6 is 0 Å². The number of phenols is 1. The van der Waals surface area contributed by atoms with Crippen LogP contribution in [0.15, 0.2) is 35.1 Å². The zero-order valence-corrected chi connectivity index (χ0v) is 11.8. The Hall–Kier alpha value is -2.08. The summed E-state index contributed by atoms with van der Waals surface area (Å²) in [5.41, 5.74) is 0.641. The summed E-state index contributed by atoms with van der Waals surface area (Å²) in [6.45, 7) is 4.91. The molecule has 2 aliphatic rings. The smallest absolute Gasteiger partial charge is 0.165 e. The Labute approximate surface area is 123 Å². The number of piperazine rings is 1. The van der Waals surface area contributed by atoms with E-state index in [2.05, 4.69) is 26.2 Å². The average Bonchev–Trinajstić information content (AvgIpc) is 2.53. The van der Waals surface area contributed by atoms with Crippen molar-refractivity contribution < 1.29 is 9.50 Å². The number of nitrogens with zero attached hydrogens (tertiary/aromatic N) is 3. The summed E-state index contributed by atoms with van der Waals surface area (Å²) in [5.74, 6) is 0.230. The van der Waals surface area contributed by atoms with Crippen LogP contribution in [0, 0.1) is 5.82 Å². The lowest BCUT2D eigenvalue weighted by atomic mass is 10.1. The van der Waals surface area contributed by atoms with Gasteiger partial charge in [-0.1, -0.05) is 12.1 Å². The highest BCUT2D eigenvalue weighted by atomic mass is 19.1. The number of hydrogen-bond donors (Lipinski definition) is 2. The van der Waals surface area contributed by atoms with E-state index in [4.69, 9.17) is 0 Å². The van der Waals surface area contributed by atoms with E-state index >= 15 is 0 Å². The molecule has 0 bridgehead atoms. The van der Waals surface area contributed by atoms with Gasteiger partial charge in [0.1, 0.15) is 5.82 Å². The summed E-state index contributed by atoms with van der Waals surface area (Å²) in [7, 11) is 0. The summed E-state index contributed by atoms with van der Waals surface area (Å²) >= 11 is 0. The van der Waals surface area contributed by atoms with E-state index in [-0.39, 0.29) is 5.75 Å². The molecule has 0 spiro atoms. The standard InChI is InChI=1S/C15H19FN4O/c16-13-3-1-2-12(15(13)21)10-19-6-8-20(9-7-19)14-4-5-17-11-18-14/h1-4,11,21H,5-10H2,(H,17,18). The Kier molecular flexibility index (Phi) is 4.06. The minimum atomic E-state index is -0.555. The predicted molar refractivity (Wildman–Crippen MR) is 79.5 cm³/mol. The second kappa shape index (κ2) is 6.13. The van der Waals surface area contributed by atoms with E-state index < -0.39 is 5.82 Å². The minimum absolute atomic E-state index is 0.231. The molecular formula is C15H19FN4O. The SMILES string of the molecule is Oc1c(F)cccc1CN1CCN(C2=CCNC=N2)CC1. The molecule has 2 aliphatic heterocycles. The van der Waals surface area contributed by atoms with Crippen LogP contribution in [0.4, 0.5) is 4.39 Å². The molecule has 0 aliphatic carbocycles. The van der Waals surface area contributed by atoms with Crippen LogP contribution < -0.4 is 5.32 Å². The first-order chi connectivity index (χ1) is 10.2. The number of halogens is 1. The molecule has 0 amide bonds. The number of aliphatic imine (C=N–C) groups is 1. The third-order valence-corrected chi connectivity index (χ3v) is 3.85. The molecule has 0 unspecified atom stereocenters. The second-order valence-corrected chi connectivity index (χ2v) is 5.24. The van der Waals surface area contributed by atoms with E-state index in [1.54, 1.807) is 18.5 Å². The Balaban J connectivity index is 1.57. The van der Waals surface area contributed by atoms with Crippen molar-refractivity contribution in [2.75, 3.05) is 32.7 Å². The molecule has 1 fully saturated rings. The van der Waals surface area contributed by atoms with Gasteiger partial charge in [0.15, 0.2) is 11.6 Å². The molecule has 2 heterocycles. The topological polar surface area (TPSA) is 51.1 Å². The van der Waals surface area contributed by atoms with E-state index in [1.165, 1.54) is 6.07 Å². The van der Waals surface area contributed by atoms with E-state index in [0.717, 1.165) is 38.5 Å². The first-order valence-corrected chi connectivity index (χ1v) is 7.14. The molecule has 0 aromatic heterocycles. The predicted octanol–water partition coefficient (Wildman–Crippen LogP) is 1.12. The average molecular weight is 290 g/mol. The summed E-state index contributed by atoms with van der Waals surface area (Å²) in [5, 5.41) is 12.8. The summed E-state index contributed by atoms with van der Waals surface area (Å²) in [6, 6.07) is 4.68. The summed E-state index contributed by atoms with van der Waals surface area (Å²) in [4.78, 5) is 8.80. The van der Waals surface area contributed by atoms with Gasteiger partial charge >= 0.3 is 0 Å². The van der Waals surface area contributed by atoms with Crippen molar-refractivity contribution in [3.05, 3.63) is 41.5 Å². The molecule has 2 N–H and O–H groups in total. The van der Waals surface area contributed by atoms with Crippen molar-refractivity contribution in [2.45, 2.75) is 6.54 Å². The van der Waals surface area contributed by atoms with Crippen LogP contribution in [0.2, 0.25) is 0 Å². The zero-order chi connectivity index (χ0) is 14.7. The van der Waals surface area contributed by atoms with Crippen LogP contribution in [0.1, 0.15) is 5.56 Å². The monoisotopic (exact) mass is 290 g/mol. The number of hydrogen-bond acceptors (Lipinski definition) is 5. The van der Waals surface area contributed by atoms with Crippen LogP contribution in [0.3, 0.4) is 0 Å². The Morgan fingerprint density at radius 2 is 2.05 bits per heavy atom. The molecule has 1 aromatic rings. The van der Waals surface area contributed by atoms with Gasteiger partial charge in [0.2, 0.25) is 0 Å². The first-order valence-electron chi connectivity index (χ1n) is 7.14. The number of phenolic OH excluding ortho intramolecular Hbond substituents is 1. The normalized spacial score (nSPS) is 19.3. The molecule has 0 saturated carbocycles. The van der Waals surface area contributed by atoms with Crippen molar-refractivity contribution >= 4 is 6.34 Å². The fourth-order valence-electron chi connectivity index (χ4n) is 2.64. The lowest BCUT2D eigenvalue weighted by Gasteiger charge is -2.36. The lowest BCUT2D eigenvalue weighted by molar-refractivity contribution is 0.150. The van der Waals surface area contributed by atoms with E-state index in [1.807, 2.05) is 0 Å². The maximum Gasteiger partial charge on any atom is 0.165 e. The zero-order valence-electron chi connectivity index (χ0n) is 11.8. The third-order valence-electron chi connectivity index (χ3n) is 3.85. The number of para-hydroxylation sites is 1. The maximum absolute atomic E-state index is 13.3. The molecular weight excluding hydrogens is 271 g/mol. The quantitative estimate of drug-likeness (QED) is 0.876. The molecule has 1 saturated heterocycles. The van der Waals surface area contributed by atoms with Gasteiger partial charge in [-0.3, -0.25) is 4.90 Å². The Bertz CT molecular complexity index is 565. The number of benzene rings is 1. The van der Waals surface area contributed by atoms with Crippen LogP contribution in [-0.4, -0.2) is 54.0 Å². The molecule has 1 aromatic carbocycles. The van der Waals surface area contributed by atoms with Crippen molar-refractivity contribution in [1.82, 2.24) is 15.1 Å². The van der Waals surface area contributed by atoms with Gasteiger partial charge in [-0.25, -0.2) is 9.38 Å². The molecule has 3 rings (SSSR count). The van der Waals surface area contributed by atoms with Crippen molar-refractivity contribution in [1.29, 1.82) is 0 Å². The van der Waals surface area contributed by atoms with E-state index in [0.29, 0.717) is 12.1 Å². The molecule has 21 heavy (non-hydrogen) atoms. The molecule has 112 valence electrons. The molecule has 0 radical (unpaired) electrons. The van der Waals surface area contributed by atoms with Crippen molar-refractivity contribution in [2.24, 2.45) is 4.99 Å². The summed E-state index contributed by atoms with van der Waals surface area (Å²) in [6.07, 6.45) is 3.81. The highest BCUT2D eigenvalue weighted by molar-refractivity contribution is 5.57. The fourth-order valence-corrected chi connectivity index (χ4v) is 2.64. The largest absolute Gasteiger partial charge is 0.505 e. The van der Waals surface area contributed by atoms with Gasteiger partial charge < -0.3 is 15.3 Å². The number of rotatable bonds is 3.